The highest BCUT2D eigenvalue weighted by atomic mass is 79.9. The Hall–Kier alpha value is -1.47. The predicted octanol–water partition coefficient (Wildman–Crippen LogP) is 2.39. The highest BCUT2D eigenvalue weighted by Crippen LogP contribution is 2.16. The van der Waals surface area contributed by atoms with E-state index in [2.05, 4.69) is 50.8 Å². The summed E-state index contributed by atoms with van der Waals surface area (Å²) in [4.78, 5) is 1.54. The molecule has 0 amide bonds. The summed E-state index contributed by atoms with van der Waals surface area (Å²) in [5, 5.41) is 7.41. The van der Waals surface area contributed by atoms with Gasteiger partial charge in [-0.05, 0) is 36.0 Å². The van der Waals surface area contributed by atoms with Gasteiger partial charge in [-0.15, -0.1) is 0 Å². The van der Waals surface area contributed by atoms with E-state index >= 15 is 0 Å². The highest BCUT2D eigenvalue weighted by molar-refractivity contribution is 9.10. The maximum absolute atomic E-state index is 5.55. The molecule has 0 aromatic heterocycles. The number of hydrogen-bond acceptors (Lipinski definition) is 2. The zero-order valence-corrected chi connectivity index (χ0v) is 16.4. The minimum Gasteiger partial charge on any atom is -0.370 e. The molecule has 0 radical (unpaired) electrons. The number of halogens is 1. The Morgan fingerprint density at radius 3 is 2.60 bits per heavy atom. The van der Waals surface area contributed by atoms with E-state index in [4.69, 9.17) is 17.0 Å². The molecule has 0 bridgehead atoms. The van der Waals surface area contributed by atoms with E-state index in [0.717, 1.165) is 43.0 Å². The van der Waals surface area contributed by atoms with Gasteiger partial charge in [0, 0.05) is 10.2 Å². The van der Waals surface area contributed by atoms with Crippen LogP contribution in [0.15, 0.2) is 59.1 Å². The first kappa shape index (κ1) is 18.3. The van der Waals surface area contributed by atoms with Crippen LogP contribution in [0.25, 0.3) is 0 Å². The van der Waals surface area contributed by atoms with Gasteiger partial charge in [-0.1, -0.05) is 52.3 Å². The van der Waals surface area contributed by atoms with E-state index < -0.39 is 0 Å². The summed E-state index contributed by atoms with van der Waals surface area (Å²) in [6, 6.07) is 18.7. The normalized spacial score (nSPS) is 16.2. The summed E-state index contributed by atoms with van der Waals surface area (Å²) in [5.74, 6) is 0. The van der Waals surface area contributed by atoms with E-state index in [1.54, 1.807) is 0 Å². The van der Waals surface area contributed by atoms with Crippen LogP contribution in [0.2, 0.25) is 0 Å². The van der Waals surface area contributed by atoms with E-state index in [9.17, 15) is 0 Å². The maximum Gasteiger partial charge on any atom is 0.171 e. The quantitative estimate of drug-likeness (QED) is 0.649. The third kappa shape index (κ3) is 5.78. The molecule has 1 atom stereocenters. The number of hydrogen-bond donors (Lipinski definition) is 3. The van der Waals surface area contributed by atoms with Crippen molar-refractivity contribution in [1.82, 2.24) is 5.32 Å². The first-order valence-electron chi connectivity index (χ1n) is 8.50. The van der Waals surface area contributed by atoms with Gasteiger partial charge >= 0.3 is 0 Å². The van der Waals surface area contributed by atoms with Gasteiger partial charge < -0.3 is 20.3 Å². The Bertz CT molecular complexity index is 692. The van der Waals surface area contributed by atoms with Crippen LogP contribution >= 0.6 is 28.1 Å². The zero-order valence-electron chi connectivity index (χ0n) is 14.0. The Labute approximate surface area is 162 Å². The molecule has 3 rings (SSSR count). The molecule has 1 aliphatic rings. The minimum absolute atomic E-state index is 0.168. The second kappa shape index (κ2) is 9.29. The molecule has 2 aromatic carbocycles. The first-order valence-corrected chi connectivity index (χ1v) is 9.70. The SMILES string of the molecule is S=C(Nc1cccc(Br)c1)N[C@@H](C[NH+]1CCOCC1)c1ccccc1. The van der Waals surface area contributed by atoms with Crippen molar-refractivity contribution >= 4 is 38.9 Å². The second-order valence-electron chi connectivity index (χ2n) is 6.14. The van der Waals surface area contributed by atoms with E-state index in [0.29, 0.717) is 5.11 Å². The van der Waals surface area contributed by atoms with E-state index in [1.807, 2.05) is 30.3 Å². The molecule has 0 saturated carbocycles. The Kier molecular flexibility index (Phi) is 6.81. The van der Waals surface area contributed by atoms with Gasteiger partial charge in [0.2, 0.25) is 0 Å². The van der Waals surface area contributed by atoms with Crippen LogP contribution in [0.3, 0.4) is 0 Å². The molecule has 6 heteroatoms. The van der Waals surface area contributed by atoms with Crippen molar-refractivity contribution in [2.75, 3.05) is 38.2 Å². The molecule has 0 unspecified atom stereocenters. The number of ether oxygens (including phenoxy) is 1. The lowest BCUT2D eigenvalue weighted by Crippen LogP contribution is -3.14. The molecule has 25 heavy (non-hydrogen) atoms. The number of morpholine rings is 1. The van der Waals surface area contributed by atoms with Gasteiger partial charge in [-0.25, -0.2) is 0 Å². The van der Waals surface area contributed by atoms with Gasteiger partial charge in [-0.2, -0.15) is 0 Å². The molecule has 2 aromatic rings. The van der Waals surface area contributed by atoms with Crippen LogP contribution in [-0.2, 0) is 4.74 Å². The fourth-order valence-corrected chi connectivity index (χ4v) is 3.64. The summed E-state index contributed by atoms with van der Waals surface area (Å²) in [6.07, 6.45) is 0. The maximum atomic E-state index is 5.55. The third-order valence-corrected chi connectivity index (χ3v) is 5.00. The molecule has 1 heterocycles. The van der Waals surface area contributed by atoms with Crippen molar-refractivity contribution in [2.24, 2.45) is 0 Å². The van der Waals surface area contributed by atoms with Crippen LogP contribution in [0, 0.1) is 0 Å². The molecule has 132 valence electrons. The number of benzene rings is 2. The predicted molar refractivity (Wildman–Crippen MR) is 109 cm³/mol. The molecule has 1 fully saturated rings. The molecule has 1 aliphatic heterocycles. The van der Waals surface area contributed by atoms with Gasteiger partial charge in [0.05, 0.1) is 13.2 Å². The van der Waals surface area contributed by atoms with Gasteiger partial charge in [0.15, 0.2) is 5.11 Å². The summed E-state index contributed by atoms with van der Waals surface area (Å²) in [5.41, 5.74) is 2.22. The Morgan fingerprint density at radius 2 is 1.88 bits per heavy atom. The molecule has 0 spiro atoms. The molecule has 3 N–H and O–H groups in total. The minimum atomic E-state index is 0.168. The molecule has 1 saturated heterocycles. The van der Waals surface area contributed by atoms with Crippen molar-refractivity contribution < 1.29 is 9.64 Å². The topological polar surface area (TPSA) is 37.7 Å². The summed E-state index contributed by atoms with van der Waals surface area (Å²) in [6.45, 7) is 4.72. The standard InChI is InChI=1S/C19H22BrN3OS/c20-16-7-4-8-17(13-16)21-19(25)22-18(15-5-2-1-3-6-15)14-23-9-11-24-12-10-23/h1-8,13,18H,9-12,14H2,(H2,21,22,25)/p+1/t18-/m0/s1. The second-order valence-corrected chi connectivity index (χ2v) is 7.46. The van der Waals surface area contributed by atoms with Crippen molar-refractivity contribution in [1.29, 1.82) is 0 Å². The Balaban J connectivity index is 1.67. The fourth-order valence-electron chi connectivity index (χ4n) is 2.98. The molecule has 0 aliphatic carbocycles. The number of thiocarbonyl (C=S) groups is 1. The lowest BCUT2D eigenvalue weighted by molar-refractivity contribution is -0.909. The van der Waals surface area contributed by atoms with Gasteiger partial charge in [0.1, 0.15) is 25.7 Å². The van der Waals surface area contributed by atoms with Crippen LogP contribution in [0.5, 0.6) is 0 Å². The smallest absolute Gasteiger partial charge is 0.171 e. The van der Waals surface area contributed by atoms with Crippen molar-refractivity contribution in [3.8, 4) is 0 Å². The average Bonchev–Trinajstić information content (AvgIpc) is 2.63. The number of rotatable bonds is 5. The molecular weight excluding hydrogens is 398 g/mol. The largest absolute Gasteiger partial charge is 0.370 e. The summed E-state index contributed by atoms with van der Waals surface area (Å²) < 4.78 is 6.50. The number of nitrogens with one attached hydrogen (secondary N) is 3. The molecular formula is C19H23BrN3OS+. The lowest BCUT2D eigenvalue weighted by Gasteiger charge is -2.29. The summed E-state index contributed by atoms with van der Waals surface area (Å²) >= 11 is 9.04. The van der Waals surface area contributed by atoms with Crippen molar-refractivity contribution in [2.45, 2.75) is 6.04 Å². The Morgan fingerprint density at radius 1 is 1.12 bits per heavy atom. The lowest BCUT2D eigenvalue weighted by atomic mass is 10.1. The number of quaternary nitrogens is 1. The average molecular weight is 421 g/mol. The van der Waals surface area contributed by atoms with Crippen LogP contribution < -0.4 is 15.5 Å². The molecule has 4 nitrogen and oxygen atoms in total. The van der Waals surface area contributed by atoms with Crippen LogP contribution in [0.1, 0.15) is 11.6 Å². The van der Waals surface area contributed by atoms with Crippen molar-refractivity contribution in [3.63, 3.8) is 0 Å². The van der Waals surface area contributed by atoms with Crippen molar-refractivity contribution in [3.05, 3.63) is 64.6 Å². The van der Waals surface area contributed by atoms with E-state index in [1.165, 1.54) is 10.5 Å². The highest BCUT2D eigenvalue weighted by Gasteiger charge is 2.22. The summed E-state index contributed by atoms with van der Waals surface area (Å²) in [7, 11) is 0. The van der Waals surface area contributed by atoms with Gasteiger partial charge in [0.25, 0.3) is 0 Å². The fraction of sp³-hybridized carbons (Fsp3) is 0.316. The number of anilines is 1. The van der Waals surface area contributed by atoms with E-state index in [-0.39, 0.29) is 6.04 Å². The third-order valence-electron chi connectivity index (χ3n) is 4.28. The van der Waals surface area contributed by atoms with Crippen LogP contribution in [0.4, 0.5) is 5.69 Å². The monoisotopic (exact) mass is 420 g/mol. The zero-order chi connectivity index (χ0) is 17.5. The van der Waals surface area contributed by atoms with Gasteiger partial charge in [-0.3, -0.25) is 0 Å². The van der Waals surface area contributed by atoms with Crippen LogP contribution in [-0.4, -0.2) is 38.0 Å². The first-order chi connectivity index (χ1) is 12.2.